The molecule has 0 aliphatic carbocycles. The molecule has 1 N–H and O–H groups in total. The molecule has 0 radical (unpaired) electrons. The molecule has 0 bridgehead atoms. The van der Waals surface area contributed by atoms with Gasteiger partial charge in [0.15, 0.2) is 18.1 Å². The summed E-state index contributed by atoms with van der Waals surface area (Å²) in [5, 5.41) is 3.50. The Morgan fingerprint density at radius 1 is 1.06 bits per heavy atom. The largest absolute Gasteiger partial charge is 0.493 e. The van der Waals surface area contributed by atoms with Gasteiger partial charge in [-0.05, 0) is 49.6 Å². The molecule has 0 aliphatic heterocycles. The second-order valence-electron chi connectivity index (χ2n) is 7.46. The maximum atomic E-state index is 12.6. The summed E-state index contributed by atoms with van der Waals surface area (Å²) in [6.07, 6.45) is 0.960. The van der Waals surface area contributed by atoms with Gasteiger partial charge in [0.2, 0.25) is 0 Å². The SMILES string of the molecule is CCc1ccc(C(C)NC(=O)COC(=O)c2sc(-c3ccc(OC)c(OC)c3)nc2C)cc1. The molecule has 0 fully saturated rings. The van der Waals surface area contributed by atoms with E-state index in [1.165, 1.54) is 16.9 Å². The summed E-state index contributed by atoms with van der Waals surface area (Å²) >= 11 is 1.21. The van der Waals surface area contributed by atoms with Crippen LogP contribution in [0.25, 0.3) is 10.6 Å². The number of hydrogen-bond acceptors (Lipinski definition) is 7. The first-order valence-corrected chi connectivity index (χ1v) is 11.4. The van der Waals surface area contributed by atoms with Crippen molar-refractivity contribution in [1.82, 2.24) is 10.3 Å². The van der Waals surface area contributed by atoms with Crippen LogP contribution in [0.1, 0.15) is 46.4 Å². The summed E-state index contributed by atoms with van der Waals surface area (Å²) in [5.74, 6) is 0.238. The van der Waals surface area contributed by atoms with Gasteiger partial charge in [0.1, 0.15) is 9.88 Å². The summed E-state index contributed by atoms with van der Waals surface area (Å²) in [5.41, 5.74) is 3.56. The molecule has 1 unspecified atom stereocenters. The van der Waals surface area contributed by atoms with E-state index in [9.17, 15) is 9.59 Å². The van der Waals surface area contributed by atoms with Crippen molar-refractivity contribution in [2.45, 2.75) is 33.2 Å². The molecule has 1 amide bonds. The number of methoxy groups -OCH3 is 2. The number of nitrogens with one attached hydrogen (secondary N) is 1. The number of amides is 1. The third-order valence-electron chi connectivity index (χ3n) is 5.21. The van der Waals surface area contributed by atoms with Crippen molar-refractivity contribution in [1.29, 1.82) is 0 Å². The van der Waals surface area contributed by atoms with Crippen molar-refractivity contribution in [2.75, 3.05) is 20.8 Å². The summed E-state index contributed by atoms with van der Waals surface area (Å²) in [7, 11) is 3.13. The van der Waals surface area contributed by atoms with Crippen LogP contribution in [-0.2, 0) is 16.0 Å². The Labute approximate surface area is 197 Å². The zero-order valence-electron chi connectivity index (χ0n) is 19.4. The van der Waals surface area contributed by atoms with Gasteiger partial charge in [0, 0.05) is 5.56 Å². The number of aromatic nitrogens is 1. The van der Waals surface area contributed by atoms with Gasteiger partial charge in [-0.25, -0.2) is 9.78 Å². The number of benzene rings is 2. The van der Waals surface area contributed by atoms with Gasteiger partial charge >= 0.3 is 5.97 Å². The van der Waals surface area contributed by atoms with Gasteiger partial charge in [-0.1, -0.05) is 31.2 Å². The highest BCUT2D eigenvalue weighted by Gasteiger charge is 2.20. The third-order valence-corrected chi connectivity index (χ3v) is 6.40. The van der Waals surface area contributed by atoms with Gasteiger partial charge in [-0.2, -0.15) is 0 Å². The smallest absolute Gasteiger partial charge is 0.350 e. The van der Waals surface area contributed by atoms with Crippen LogP contribution >= 0.6 is 11.3 Å². The lowest BCUT2D eigenvalue weighted by atomic mass is 10.1. The van der Waals surface area contributed by atoms with E-state index in [0.29, 0.717) is 27.1 Å². The molecule has 0 aliphatic rings. The molecule has 1 atom stereocenters. The molecule has 0 spiro atoms. The first kappa shape index (κ1) is 24.3. The first-order valence-electron chi connectivity index (χ1n) is 10.6. The normalized spacial score (nSPS) is 11.5. The fraction of sp³-hybridized carbons (Fsp3) is 0.320. The van der Waals surface area contributed by atoms with E-state index in [1.54, 1.807) is 33.3 Å². The number of carbonyl (C=O) groups excluding carboxylic acids is 2. The minimum atomic E-state index is -0.577. The van der Waals surface area contributed by atoms with Crippen molar-refractivity contribution in [3.63, 3.8) is 0 Å². The Balaban J connectivity index is 1.61. The topological polar surface area (TPSA) is 86.8 Å². The number of aryl methyl sites for hydroxylation is 2. The van der Waals surface area contributed by atoms with Gasteiger partial charge < -0.3 is 19.5 Å². The minimum Gasteiger partial charge on any atom is -0.493 e. The van der Waals surface area contributed by atoms with Crippen LogP contribution in [0.5, 0.6) is 11.5 Å². The van der Waals surface area contributed by atoms with E-state index >= 15 is 0 Å². The monoisotopic (exact) mass is 468 g/mol. The lowest BCUT2D eigenvalue weighted by molar-refractivity contribution is -0.124. The van der Waals surface area contributed by atoms with E-state index < -0.39 is 5.97 Å². The average Bonchev–Trinajstić information content (AvgIpc) is 3.23. The number of ether oxygens (including phenoxy) is 3. The van der Waals surface area contributed by atoms with Gasteiger partial charge in [0.05, 0.1) is 26.0 Å². The summed E-state index contributed by atoms with van der Waals surface area (Å²) in [6, 6.07) is 13.3. The average molecular weight is 469 g/mol. The molecular formula is C25H28N2O5S. The van der Waals surface area contributed by atoms with E-state index in [1.807, 2.05) is 37.3 Å². The molecular weight excluding hydrogens is 440 g/mol. The quantitative estimate of drug-likeness (QED) is 0.457. The molecule has 0 saturated carbocycles. The predicted molar refractivity (Wildman–Crippen MR) is 128 cm³/mol. The number of hydrogen-bond donors (Lipinski definition) is 1. The molecule has 1 heterocycles. The highest BCUT2D eigenvalue weighted by molar-refractivity contribution is 7.17. The Morgan fingerprint density at radius 3 is 2.39 bits per heavy atom. The highest BCUT2D eigenvalue weighted by Crippen LogP contribution is 2.35. The van der Waals surface area contributed by atoms with Crippen molar-refractivity contribution in [3.05, 3.63) is 64.2 Å². The number of carbonyl (C=O) groups is 2. The van der Waals surface area contributed by atoms with Crippen LogP contribution < -0.4 is 14.8 Å². The molecule has 33 heavy (non-hydrogen) atoms. The molecule has 2 aromatic carbocycles. The van der Waals surface area contributed by atoms with E-state index in [0.717, 1.165) is 17.5 Å². The summed E-state index contributed by atoms with van der Waals surface area (Å²) in [4.78, 5) is 29.7. The number of nitrogens with zero attached hydrogens (tertiary/aromatic N) is 1. The van der Waals surface area contributed by atoms with Gasteiger partial charge in [-0.3, -0.25) is 4.79 Å². The molecule has 3 rings (SSSR count). The second kappa shape index (κ2) is 11.0. The maximum Gasteiger partial charge on any atom is 0.350 e. The van der Waals surface area contributed by atoms with E-state index in [4.69, 9.17) is 14.2 Å². The fourth-order valence-electron chi connectivity index (χ4n) is 3.28. The second-order valence-corrected chi connectivity index (χ2v) is 8.46. The molecule has 7 nitrogen and oxygen atoms in total. The first-order chi connectivity index (χ1) is 15.9. The van der Waals surface area contributed by atoms with Crippen LogP contribution in [-0.4, -0.2) is 37.7 Å². The van der Waals surface area contributed by atoms with E-state index in [-0.39, 0.29) is 18.6 Å². The lowest BCUT2D eigenvalue weighted by Gasteiger charge is -2.14. The summed E-state index contributed by atoms with van der Waals surface area (Å²) < 4.78 is 15.8. The van der Waals surface area contributed by atoms with Crippen molar-refractivity contribution < 1.29 is 23.8 Å². The fourth-order valence-corrected chi connectivity index (χ4v) is 4.24. The van der Waals surface area contributed by atoms with Crippen LogP contribution in [0.2, 0.25) is 0 Å². The maximum absolute atomic E-state index is 12.6. The standard InChI is InChI=1S/C25H28N2O5S/c1-6-17-7-9-18(10-8-17)15(2)26-22(28)14-32-25(29)23-16(3)27-24(33-23)19-11-12-20(30-4)21(13-19)31-5/h7-13,15H,6,14H2,1-5H3,(H,26,28). The van der Waals surface area contributed by atoms with Crippen LogP contribution in [0.3, 0.4) is 0 Å². The predicted octanol–water partition coefficient (Wildman–Crippen LogP) is 4.73. The van der Waals surface area contributed by atoms with E-state index in [2.05, 4.69) is 17.2 Å². The van der Waals surface area contributed by atoms with Crippen LogP contribution in [0.4, 0.5) is 0 Å². The lowest BCUT2D eigenvalue weighted by Crippen LogP contribution is -2.31. The Bertz CT molecular complexity index is 1120. The van der Waals surface area contributed by atoms with Crippen LogP contribution in [0.15, 0.2) is 42.5 Å². The van der Waals surface area contributed by atoms with Crippen molar-refractivity contribution >= 4 is 23.2 Å². The minimum absolute atomic E-state index is 0.191. The summed E-state index contributed by atoms with van der Waals surface area (Å²) in [6.45, 7) is 5.36. The zero-order valence-corrected chi connectivity index (χ0v) is 20.2. The Hall–Kier alpha value is -3.39. The number of thiazole rings is 1. The van der Waals surface area contributed by atoms with Crippen molar-refractivity contribution in [3.8, 4) is 22.1 Å². The van der Waals surface area contributed by atoms with Crippen molar-refractivity contribution in [2.24, 2.45) is 0 Å². The molecule has 174 valence electrons. The highest BCUT2D eigenvalue weighted by atomic mass is 32.1. The Kier molecular flexibility index (Phi) is 8.06. The molecule has 8 heteroatoms. The van der Waals surface area contributed by atoms with Gasteiger partial charge in [-0.15, -0.1) is 11.3 Å². The van der Waals surface area contributed by atoms with Gasteiger partial charge in [0.25, 0.3) is 5.91 Å². The zero-order chi connectivity index (χ0) is 24.0. The Morgan fingerprint density at radius 2 is 1.76 bits per heavy atom. The molecule has 1 aromatic heterocycles. The molecule has 0 saturated heterocycles. The number of rotatable bonds is 9. The third kappa shape index (κ3) is 5.90. The molecule has 3 aromatic rings. The van der Waals surface area contributed by atoms with Crippen LogP contribution in [0, 0.1) is 6.92 Å². The number of esters is 1.